The average molecular weight is 393 g/mol. The molecule has 2 saturated heterocycles. The van der Waals surface area contributed by atoms with Crippen molar-refractivity contribution in [2.24, 2.45) is 5.92 Å². The first-order valence-electron chi connectivity index (χ1n) is 9.88. The van der Waals surface area contributed by atoms with Gasteiger partial charge < -0.3 is 14.7 Å². The van der Waals surface area contributed by atoms with Crippen molar-refractivity contribution in [1.29, 1.82) is 0 Å². The van der Waals surface area contributed by atoms with Gasteiger partial charge >= 0.3 is 0 Å². The van der Waals surface area contributed by atoms with E-state index in [9.17, 15) is 4.79 Å². The van der Waals surface area contributed by atoms with Gasteiger partial charge in [0, 0.05) is 45.0 Å². The van der Waals surface area contributed by atoms with E-state index < -0.39 is 0 Å². The average Bonchev–Trinajstić information content (AvgIpc) is 3.10. The Morgan fingerprint density at radius 2 is 1.75 bits per heavy atom. The first kappa shape index (κ1) is 17.5. The summed E-state index contributed by atoms with van der Waals surface area (Å²) in [5, 5.41) is 1.04. The van der Waals surface area contributed by atoms with Crippen molar-refractivity contribution in [2.75, 3.05) is 49.1 Å². The molecule has 28 heavy (non-hydrogen) atoms. The highest BCUT2D eigenvalue weighted by atomic mass is 32.1. The normalized spacial score (nSPS) is 17.8. The highest BCUT2D eigenvalue weighted by Crippen LogP contribution is 2.34. The summed E-state index contributed by atoms with van der Waals surface area (Å²) in [6, 6.07) is 16.8. The molecule has 2 aliphatic rings. The summed E-state index contributed by atoms with van der Waals surface area (Å²) in [6.45, 7) is 7.11. The molecular weight excluding hydrogens is 368 g/mol. The zero-order valence-electron chi connectivity index (χ0n) is 16.0. The highest BCUT2D eigenvalue weighted by Gasteiger charge is 2.37. The number of aromatic nitrogens is 1. The molecule has 3 aromatic rings. The summed E-state index contributed by atoms with van der Waals surface area (Å²) in [5.74, 6) is 0.415. The lowest BCUT2D eigenvalue weighted by molar-refractivity contribution is -0.136. The van der Waals surface area contributed by atoms with Gasteiger partial charge in [0.2, 0.25) is 5.91 Å². The molecule has 0 bridgehead atoms. The minimum absolute atomic E-state index is 0.108. The van der Waals surface area contributed by atoms with Crippen LogP contribution in [0.4, 0.5) is 10.8 Å². The molecule has 2 fully saturated rings. The van der Waals surface area contributed by atoms with E-state index in [4.69, 9.17) is 4.98 Å². The van der Waals surface area contributed by atoms with Crippen LogP contribution in [0.2, 0.25) is 0 Å². The Hall–Kier alpha value is -2.60. The number of fused-ring (bicyclic) bond motifs is 1. The Bertz CT molecular complexity index is 988. The molecule has 0 unspecified atom stereocenters. The van der Waals surface area contributed by atoms with Crippen LogP contribution in [0.15, 0.2) is 48.5 Å². The number of hydrogen-bond donors (Lipinski definition) is 0. The van der Waals surface area contributed by atoms with E-state index in [0.29, 0.717) is 5.91 Å². The van der Waals surface area contributed by atoms with Gasteiger partial charge in [-0.05, 0) is 36.8 Å². The molecule has 1 amide bonds. The molecule has 1 aromatic heterocycles. The van der Waals surface area contributed by atoms with Gasteiger partial charge in [-0.3, -0.25) is 4.79 Å². The number of carbonyl (C=O) groups is 1. The summed E-state index contributed by atoms with van der Waals surface area (Å²) >= 11 is 1.73. The van der Waals surface area contributed by atoms with Gasteiger partial charge in [0.15, 0.2) is 5.13 Å². The maximum absolute atomic E-state index is 12.9. The second-order valence-electron chi connectivity index (χ2n) is 7.72. The molecule has 3 heterocycles. The molecule has 0 atom stereocenters. The number of piperazine rings is 1. The molecule has 144 valence electrons. The summed E-state index contributed by atoms with van der Waals surface area (Å²) in [5.41, 5.74) is 3.56. The number of rotatable bonds is 3. The second kappa shape index (κ2) is 7.09. The van der Waals surface area contributed by atoms with Crippen molar-refractivity contribution in [3.8, 4) is 0 Å². The minimum Gasteiger partial charge on any atom is -0.368 e. The molecular formula is C22H24N4OS. The summed E-state index contributed by atoms with van der Waals surface area (Å²) < 4.78 is 1.22. The number of carbonyl (C=O) groups excluding carboxylic acids is 1. The molecule has 5 nitrogen and oxygen atoms in total. The third-order valence-electron chi connectivity index (χ3n) is 5.75. The lowest BCUT2D eigenvalue weighted by atomic mass is 9.99. The topological polar surface area (TPSA) is 39.7 Å². The third-order valence-corrected chi connectivity index (χ3v) is 6.83. The minimum atomic E-state index is 0.108. The van der Waals surface area contributed by atoms with Crippen LogP contribution in [0.25, 0.3) is 10.2 Å². The largest absolute Gasteiger partial charge is 0.368 e. The first-order chi connectivity index (χ1) is 13.7. The van der Waals surface area contributed by atoms with E-state index in [2.05, 4.69) is 59.2 Å². The van der Waals surface area contributed by atoms with Crippen LogP contribution < -0.4 is 9.80 Å². The van der Waals surface area contributed by atoms with E-state index in [1.54, 1.807) is 11.3 Å². The van der Waals surface area contributed by atoms with Crippen molar-refractivity contribution in [3.05, 3.63) is 54.1 Å². The molecule has 5 rings (SSSR count). The van der Waals surface area contributed by atoms with Crippen LogP contribution in [0.5, 0.6) is 0 Å². The molecule has 0 radical (unpaired) electrons. The Labute approximate surface area is 169 Å². The Kier molecular flexibility index (Phi) is 4.43. The zero-order chi connectivity index (χ0) is 19.1. The number of thiazole rings is 1. The summed E-state index contributed by atoms with van der Waals surface area (Å²) in [7, 11) is 0. The quantitative estimate of drug-likeness (QED) is 0.685. The smallest absolute Gasteiger partial charge is 0.229 e. The zero-order valence-corrected chi connectivity index (χ0v) is 16.9. The molecule has 0 saturated carbocycles. The fourth-order valence-electron chi connectivity index (χ4n) is 4.03. The van der Waals surface area contributed by atoms with Crippen molar-refractivity contribution in [2.45, 2.75) is 6.92 Å². The van der Waals surface area contributed by atoms with Crippen molar-refractivity contribution in [1.82, 2.24) is 9.88 Å². The highest BCUT2D eigenvalue weighted by molar-refractivity contribution is 7.22. The predicted octanol–water partition coefficient (Wildman–Crippen LogP) is 3.39. The van der Waals surface area contributed by atoms with E-state index in [-0.39, 0.29) is 5.92 Å². The Morgan fingerprint density at radius 1 is 1.00 bits per heavy atom. The van der Waals surface area contributed by atoms with Crippen LogP contribution in [0.3, 0.4) is 0 Å². The second-order valence-corrected chi connectivity index (χ2v) is 8.73. The van der Waals surface area contributed by atoms with E-state index in [0.717, 1.165) is 49.9 Å². The van der Waals surface area contributed by atoms with Gasteiger partial charge in [0.1, 0.15) is 0 Å². The van der Waals surface area contributed by atoms with E-state index in [1.807, 2.05) is 11.0 Å². The Morgan fingerprint density at radius 3 is 2.50 bits per heavy atom. The van der Waals surface area contributed by atoms with E-state index in [1.165, 1.54) is 16.0 Å². The number of benzene rings is 2. The lowest BCUT2D eigenvalue weighted by Gasteiger charge is -2.43. The van der Waals surface area contributed by atoms with Crippen LogP contribution in [-0.2, 0) is 4.79 Å². The van der Waals surface area contributed by atoms with Gasteiger partial charge in [0.05, 0.1) is 16.1 Å². The van der Waals surface area contributed by atoms with Crippen LogP contribution in [0, 0.1) is 12.8 Å². The predicted molar refractivity (Wildman–Crippen MR) is 115 cm³/mol. The number of hydrogen-bond acceptors (Lipinski definition) is 5. The standard InChI is InChI=1S/C22H24N4OS/c1-16-7-8-19-20(13-16)28-22(23-19)26-14-17(15-26)21(27)25-11-9-24(10-12-25)18-5-3-2-4-6-18/h2-8,13,17H,9-12,14-15H2,1H3. The first-order valence-corrected chi connectivity index (χ1v) is 10.7. The molecule has 6 heteroatoms. The van der Waals surface area contributed by atoms with E-state index >= 15 is 0 Å². The molecule has 0 aliphatic carbocycles. The van der Waals surface area contributed by atoms with Crippen molar-refractivity contribution < 1.29 is 4.79 Å². The monoisotopic (exact) mass is 392 g/mol. The number of anilines is 2. The van der Waals surface area contributed by atoms with Crippen LogP contribution in [0.1, 0.15) is 5.56 Å². The summed E-state index contributed by atoms with van der Waals surface area (Å²) in [4.78, 5) is 24.3. The van der Waals surface area contributed by atoms with Crippen LogP contribution >= 0.6 is 11.3 Å². The fraction of sp³-hybridized carbons (Fsp3) is 0.364. The molecule has 0 spiro atoms. The van der Waals surface area contributed by atoms with Gasteiger partial charge in [-0.2, -0.15) is 0 Å². The molecule has 2 aromatic carbocycles. The Balaban J connectivity index is 1.17. The van der Waals surface area contributed by atoms with Gasteiger partial charge in [-0.25, -0.2) is 4.98 Å². The molecule has 2 aliphatic heterocycles. The maximum atomic E-state index is 12.9. The number of para-hydroxylation sites is 1. The molecule has 0 N–H and O–H groups in total. The fourth-order valence-corrected chi connectivity index (χ4v) is 5.11. The van der Waals surface area contributed by atoms with Gasteiger partial charge in [0.25, 0.3) is 0 Å². The van der Waals surface area contributed by atoms with Gasteiger partial charge in [-0.15, -0.1) is 0 Å². The number of nitrogens with zero attached hydrogens (tertiary/aromatic N) is 4. The van der Waals surface area contributed by atoms with Crippen molar-refractivity contribution in [3.63, 3.8) is 0 Å². The third kappa shape index (κ3) is 3.22. The maximum Gasteiger partial charge on any atom is 0.229 e. The van der Waals surface area contributed by atoms with Crippen LogP contribution in [-0.4, -0.2) is 55.1 Å². The summed E-state index contributed by atoms with van der Waals surface area (Å²) in [6.07, 6.45) is 0. The SMILES string of the molecule is Cc1ccc2nc(N3CC(C(=O)N4CCN(c5ccccc5)CC4)C3)sc2c1. The number of amides is 1. The lowest BCUT2D eigenvalue weighted by Crippen LogP contribution is -2.58. The number of aryl methyl sites for hydroxylation is 1. The van der Waals surface area contributed by atoms with Crippen molar-refractivity contribution >= 4 is 38.3 Å². The van der Waals surface area contributed by atoms with Gasteiger partial charge in [-0.1, -0.05) is 35.6 Å².